The molecule has 2 aromatic heterocycles. The van der Waals surface area contributed by atoms with E-state index in [1.165, 1.54) is 6.33 Å². The van der Waals surface area contributed by atoms with Crippen LogP contribution in [-0.2, 0) is 22.8 Å². The first-order valence-electron chi connectivity index (χ1n) is 9.40. The van der Waals surface area contributed by atoms with Crippen LogP contribution in [0.3, 0.4) is 0 Å². The van der Waals surface area contributed by atoms with E-state index in [0.29, 0.717) is 15.9 Å². The van der Waals surface area contributed by atoms with E-state index in [1.54, 1.807) is 4.57 Å². The maximum Gasteiger partial charge on any atom is 0.424 e. The zero-order valence-corrected chi connectivity index (χ0v) is 21.4. The molecule has 2 fully saturated rings. The number of imidazole rings is 1. The third-order valence-electron chi connectivity index (χ3n) is 5.88. The Labute approximate surface area is 188 Å². The number of aromatic nitrogens is 4. The molecule has 166 valence electrons. The van der Waals surface area contributed by atoms with Crippen LogP contribution in [0.25, 0.3) is 11.2 Å². The van der Waals surface area contributed by atoms with Gasteiger partial charge in [-0.25, -0.2) is 19.5 Å². The summed E-state index contributed by atoms with van der Waals surface area (Å²) in [6.07, 6.45) is -1.13. The van der Waals surface area contributed by atoms with Gasteiger partial charge in [0.25, 0.3) is 0 Å². The summed E-state index contributed by atoms with van der Waals surface area (Å²) in [6, 6.07) is 0. The van der Waals surface area contributed by atoms with Crippen molar-refractivity contribution in [2.75, 3.05) is 12.3 Å². The van der Waals surface area contributed by atoms with Crippen LogP contribution >= 0.6 is 34.1 Å². The molecule has 0 aromatic carbocycles. The van der Waals surface area contributed by atoms with E-state index in [0.717, 1.165) is 0 Å². The Morgan fingerprint density at radius 3 is 2.77 bits per heavy atom. The first-order chi connectivity index (χ1) is 13.8. The maximum absolute atomic E-state index is 12.4. The van der Waals surface area contributed by atoms with E-state index in [2.05, 4.69) is 64.7 Å². The van der Waals surface area contributed by atoms with Crippen LogP contribution < -0.4 is 5.73 Å². The number of fused-ring (bicyclic) bond motifs is 2. The van der Waals surface area contributed by atoms with Crippen LogP contribution in [0.1, 0.15) is 27.0 Å². The van der Waals surface area contributed by atoms with E-state index in [4.69, 9.17) is 35.2 Å². The molecule has 30 heavy (non-hydrogen) atoms. The van der Waals surface area contributed by atoms with Crippen LogP contribution in [0.4, 0.5) is 5.82 Å². The number of ether oxygens (including phenoxy) is 1. The van der Waals surface area contributed by atoms with Crippen LogP contribution in [0.15, 0.2) is 11.1 Å². The highest BCUT2D eigenvalue weighted by atomic mass is 79.9. The Kier molecular flexibility index (Phi) is 5.63. The summed E-state index contributed by atoms with van der Waals surface area (Å²) in [5.74, 6) is 0.251. The molecule has 14 heteroatoms. The van der Waals surface area contributed by atoms with Crippen molar-refractivity contribution < 1.29 is 22.8 Å². The lowest BCUT2D eigenvalue weighted by atomic mass is 10.1. The fourth-order valence-corrected chi connectivity index (χ4v) is 6.49. The number of hydrogen-bond acceptors (Lipinski definition) is 9. The predicted molar refractivity (Wildman–Crippen MR) is 118 cm³/mol. The fourth-order valence-electron chi connectivity index (χ4n) is 3.28. The average molecular weight is 541 g/mol. The minimum Gasteiger partial charge on any atom is -0.407 e. The molecule has 5 atom stereocenters. The first kappa shape index (κ1) is 22.6. The first-order valence-corrected chi connectivity index (χ1v) is 15.6. The third-order valence-corrected chi connectivity index (χ3v) is 12.4. The van der Waals surface area contributed by atoms with Crippen molar-refractivity contribution >= 4 is 59.4 Å². The van der Waals surface area contributed by atoms with Gasteiger partial charge in [-0.3, -0.25) is 13.6 Å². The van der Waals surface area contributed by atoms with Crippen molar-refractivity contribution in [3.8, 4) is 0 Å². The molecule has 0 radical (unpaired) electrons. The van der Waals surface area contributed by atoms with Gasteiger partial charge in [0.1, 0.15) is 24.6 Å². The third kappa shape index (κ3) is 3.86. The fraction of sp³-hybridized carbons (Fsp3) is 0.688. The second kappa shape index (κ2) is 7.48. The highest BCUT2D eigenvalue weighted by Gasteiger charge is 2.56. The predicted octanol–water partition coefficient (Wildman–Crippen LogP) is 4.22. The Hall–Kier alpha value is -0.593. The topological polar surface area (TPSA) is 124 Å². The zero-order chi connectivity index (χ0) is 22.1. The van der Waals surface area contributed by atoms with Crippen LogP contribution in [-0.4, -0.2) is 52.8 Å². The van der Waals surface area contributed by atoms with Gasteiger partial charge < -0.3 is 14.9 Å². The summed E-state index contributed by atoms with van der Waals surface area (Å²) in [4.78, 5) is 12.8. The molecule has 2 aromatic rings. The highest BCUT2D eigenvalue weighted by Crippen LogP contribution is 2.60. The number of hydrogen-bond donors (Lipinski definition) is 1. The SMILES string of the molecule is CC(C)(C)[Si](C)(C)O[C@@H]1C(n2c(Br)nc3c(N)ncnc32)OC2COP(=O)(Cl)O[C@@H]21. The minimum absolute atomic E-state index is 0.0285. The van der Waals surface area contributed by atoms with Gasteiger partial charge in [0.2, 0.25) is 0 Å². The van der Waals surface area contributed by atoms with E-state index < -0.39 is 39.8 Å². The summed E-state index contributed by atoms with van der Waals surface area (Å²) in [5, 5.41) is -0.0771. The Morgan fingerprint density at radius 1 is 1.40 bits per heavy atom. The summed E-state index contributed by atoms with van der Waals surface area (Å²) in [5.41, 5.74) is 6.89. The van der Waals surface area contributed by atoms with E-state index >= 15 is 0 Å². The van der Waals surface area contributed by atoms with E-state index in [-0.39, 0.29) is 17.5 Å². The van der Waals surface area contributed by atoms with Crippen molar-refractivity contribution in [2.24, 2.45) is 0 Å². The van der Waals surface area contributed by atoms with Crippen molar-refractivity contribution in [3.63, 3.8) is 0 Å². The van der Waals surface area contributed by atoms with Crippen molar-refractivity contribution in [3.05, 3.63) is 11.1 Å². The number of nitrogens with zero attached hydrogens (tertiary/aromatic N) is 4. The van der Waals surface area contributed by atoms with Gasteiger partial charge in [0.05, 0.1) is 6.61 Å². The van der Waals surface area contributed by atoms with Gasteiger partial charge in [-0.1, -0.05) is 20.8 Å². The van der Waals surface area contributed by atoms with E-state index in [9.17, 15) is 4.57 Å². The number of anilines is 1. The normalized spacial score (nSPS) is 32.5. The average Bonchev–Trinajstić information content (AvgIpc) is 3.11. The summed E-state index contributed by atoms with van der Waals surface area (Å²) >= 11 is 9.40. The summed E-state index contributed by atoms with van der Waals surface area (Å²) in [7, 11) is -2.28. The number of nitrogens with two attached hydrogens (primary N) is 1. The lowest BCUT2D eigenvalue weighted by Crippen LogP contribution is -2.50. The Bertz CT molecular complexity index is 1030. The molecule has 0 spiro atoms. The van der Waals surface area contributed by atoms with Crippen LogP contribution in [0.2, 0.25) is 18.1 Å². The van der Waals surface area contributed by atoms with Gasteiger partial charge >= 0.3 is 6.95 Å². The zero-order valence-electron chi connectivity index (χ0n) is 17.2. The molecule has 0 saturated carbocycles. The number of nitrogen functional groups attached to an aromatic ring is 1. The molecule has 3 unspecified atom stereocenters. The molecule has 2 aliphatic rings. The highest BCUT2D eigenvalue weighted by molar-refractivity contribution is 9.10. The van der Waals surface area contributed by atoms with Crippen LogP contribution in [0, 0.1) is 0 Å². The second-order valence-electron chi connectivity index (χ2n) is 8.89. The minimum atomic E-state index is -3.73. The molecule has 4 rings (SSSR count). The summed E-state index contributed by atoms with van der Waals surface area (Å²) in [6.45, 7) is 6.95. The van der Waals surface area contributed by atoms with E-state index in [1.807, 2.05) is 0 Å². The van der Waals surface area contributed by atoms with Crippen molar-refractivity contribution in [1.29, 1.82) is 0 Å². The molecule has 2 saturated heterocycles. The lowest BCUT2D eigenvalue weighted by Gasteiger charge is -2.41. The molecule has 0 amide bonds. The van der Waals surface area contributed by atoms with Crippen molar-refractivity contribution in [2.45, 2.75) is 63.4 Å². The molecular weight excluding hydrogens is 517 g/mol. The second-order valence-corrected chi connectivity index (χ2v) is 16.9. The lowest BCUT2D eigenvalue weighted by molar-refractivity contribution is -0.0567. The van der Waals surface area contributed by atoms with Crippen LogP contribution in [0.5, 0.6) is 0 Å². The smallest absolute Gasteiger partial charge is 0.407 e. The number of halogens is 2. The molecule has 0 aliphatic carbocycles. The molecule has 4 heterocycles. The van der Waals surface area contributed by atoms with Gasteiger partial charge in [-0.15, -0.1) is 0 Å². The van der Waals surface area contributed by atoms with Gasteiger partial charge in [0, 0.05) is 11.2 Å². The molecule has 2 aliphatic heterocycles. The monoisotopic (exact) mass is 539 g/mol. The van der Waals surface area contributed by atoms with Gasteiger partial charge in [-0.2, -0.15) is 0 Å². The molecule has 10 nitrogen and oxygen atoms in total. The quantitative estimate of drug-likeness (QED) is 0.346. The van der Waals surface area contributed by atoms with Gasteiger partial charge in [0.15, 0.2) is 36.3 Å². The Balaban J connectivity index is 1.81. The largest absolute Gasteiger partial charge is 0.424 e. The maximum atomic E-state index is 12.4. The standard InChI is InChI=1S/C16H24BrClN5O5PSi/c1-16(2,3)30(4,5)28-11-10-8(6-25-29(18,24)27-10)26-14(11)23-13-9(22-15(23)17)12(19)20-7-21-13/h7-8,10-11,14H,6H2,1-5H3,(H2,19,20,21)/t8?,10-,11-,14?,29?/m0/s1. The summed E-state index contributed by atoms with van der Waals surface area (Å²) < 4.78 is 38.3. The molecular formula is C16H24BrClN5O5PSi. The number of rotatable bonds is 3. The van der Waals surface area contributed by atoms with Crippen molar-refractivity contribution in [1.82, 2.24) is 19.5 Å². The molecule has 2 N–H and O–H groups in total. The molecule has 0 bridgehead atoms. The Morgan fingerprint density at radius 2 is 2.10 bits per heavy atom. The van der Waals surface area contributed by atoms with Gasteiger partial charge in [-0.05, 0) is 34.1 Å².